The summed E-state index contributed by atoms with van der Waals surface area (Å²) in [7, 11) is 0. The fourth-order valence-electron chi connectivity index (χ4n) is 3.14. The standard InChI is InChI=1S/C19H16N4O2S/c20-11-13-2-1-3-15(10-13)19(24)23-7-4-14(5-8-23)18-21-17(22-25-18)16-6-9-26-12-16/h1-3,6,9-10,12,14H,4-5,7-8H2. The fraction of sp³-hybridized carbons (Fsp3) is 0.263. The monoisotopic (exact) mass is 364 g/mol. The van der Waals surface area contributed by atoms with Crippen molar-refractivity contribution in [3.05, 3.63) is 58.1 Å². The van der Waals surface area contributed by atoms with Crippen molar-refractivity contribution in [1.29, 1.82) is 5.26 Å². The molecule has 7 heteroatoms. The van der Waals surface area contributed by atoms with Gasteiger partial charge in [0, 0.05) is 35.5 Å². The molecular weight excluding hydrogens is 348 g/mol. The third-order valence-corrected chi connectivity index (χ3v) is 5.27. The van der Waals surface area contributed by atoms with E-state index < -0.39 is 0 Å². The molecule has 1 saturated heterocycles. The van der Waals surface area contributed by atoms with Gasteiger partial charge < -0.3 is 9.42 Å². The van der Waals surface area contributed by atoms with Crippen LogP contribution in [0.2, 0.25) is 0 Å². The number of hydrogen-bond donors (Lipinski definition) is 0. The number of amides is 1. The highest BCUT2D eigenvalue weighted by Gasteiger charge is 2.28. The second-order valence-electron chi connectivity index (χ2n) is 6.23. The number of likely N-dealkylation sites (tertiary alicyclic amines) is 1. The van der Waals surface area contributed by atoms with E-state index in [0.29, 0.717) is 35.9 Å². The summed E-state index contributed by atoms with van der Waals surface area (Å²) in [5.74, 6) is 1.40. The average molecular weight is 364 g/mol. The predicted octanol–water partition coefficient (Wildman–Crippen LogP) is 3.69. The zero-order valence-electron chi connectivity index (χ0n) is 14.0. The minimum atomic E-state index is -0.0370. The molecular formula is C19H16N4O2S. The van der Waals surface area contributed by atoms with Gasteiger partial charge in [0.2, 0.25) is 11.7 Å². The van der Waals surface area contributed by atoms with E-state index in [-0.39, 0.29) is 11.8 Å². The molecule has 0 unspecified atom stereocenters. The molecule has 0 radical (unpaired) electrons. The lowest BCUT2D eigenvalue weighted by molar-refractivity contribution is 0.0704. The van der Waals surface area contributed by atoms with Crippen LogP contribution in [0.25, 0.3) is 11.4 Å². The van der Waals surface area contributed by atoms with Crippen LogP contribution in [0, 0.1) is 11.3 Å². The maximum atomic E-state index is 12.6. The summed E-state index contributed by atoms with van der Waals surface area (Å²) < 4.78 is 5.44. The molecule has 26 heavy (non-hydrogen) atoms. The number of hydrogen-bond acceptors (Lipinski definition) is 6. The van der Waals surface area contributed by atoms with E-state index in [0.717, 1.165) is 18.4 Å². The Balaban J connectivity index is 1.41. The Morgan fingerprint density at radius 3 is 2.88 bits per heavy atom. The molecule has 0 aliphatic carbocycles. The molecule has 0 N–H and O–H groups in total. The maximum absolute atomic E-state index is 12.6. The summed E-state index contributed by atoms with van der Waals surface area (Å²) in [5.41, 5.74) is 2.02. The summed E-state index contributed by atoms with van der Waals surface area (Å²) in [6.45, 7) is 1.27. The fourth-order valence-corrected chi connectivity index (χ4v) is 3.78. The first-order valence-electron chi connectivity index (χ1n) is 8.40. The van der Waals surface area contributed by atoms with E-state index in [2.05, 4.69) is 16.2 Å². The molecule has 130 valence electrons. The summed E-state index contributed by atoms with van der Waals surface area (Å²) in [5, 5.41) is 17.0. The lowest BCUT2D eigenvalue weighted by atomic mass is 9.96. The summed E-state index contributed by atoms with van der Waals surface area (Å²) in [4.78, 5) is 19.0. The smallest absolute Gasteiger partial charge is 0.253 e. The van der Waals surface area contributed by atoms with Gasteiger partial charge in [0.05, 0.1) is 11.6 Å². The number of carbonyl (C=O) groups is 1. The van der Waals surface area contributed by atoms with Gasteiger partial charge in [0.25, 0.3) is 5.91 Å². The third-order valence-electron chi connectivity index (χ3n) is 4.59. The van der Waals surface area contributed by atoms with E-state index in [1.807, 2.05) is 21.7 Å². The van der Waals surface area contributed by atoms with Crippen molar-refractivity contribution in [3.63, 3.8) is 0 Å². The summed E-state index contributed by atoms with van der Waals surface area (Å²) in [6, 6.07) is 10.9. The molecule has 1 aliphatic rings. The van der Waals surface area contributed by atoms with Gasteiger partial charge in [-0.1, -0.05) is 11.2 Å². The normalized spacial score (nSPS) is 15.0. The minimum absolute atomic E-state index is 0.0370. The lowest BCUT2D eigenvalue weighted by Crippen LogP contribution is -2.38. The average Bonchev–Trinajstić information content (AvgIpc) is 3.39. The van der Waals surface area contributed by atoms with Crippen molar-refractivity contribution in [2.45, 2.75) is 18.8 Å². The minimum Gasteiger partial charge on any atom is -0.339 e. The first-order valence-corrected chi connectivity index (χ1v) is 9.34. The van der Waals surface area contributed by atoms with Gasteiger partial charge in [-0.3, -0.25) is 4.79 Å². The molecule has 1 aromatic carbocycles. The van der Waals surface area contributed by atoms with Crippen molar-refractivity contribution in [2.24, 2.45) is 0 Å². The number of carbonyl (C=O) groups excluding carboxylic acids is 1. The highest BCUT2D eigenvalue weighted by atomic mass is 32.1. The maximum Gasteiger partial charge on any atom is 0.253 e. The van der Waals surface area contributed by atoms with Crippen LogP contribution in [0.4, 0.5) is 0 Å². The number of nitrogens with zero attached hydrogens (tertiary/aromatic N) is 4. The molecule has 0 spiro atoms. The quantitative estimate of drug-likeness (QED) is 0.708. The van der Waals surface area contributed by atoms with Crippen molar-refractivity contribution >= 4 is 17.2 Å². The van der Waals surface area contributed by atoms with Crippen LogP contribution in [0.3, 0.4) is 0 Å². The van der Waals surface area contributed by atoms with Gasteiger partial charge in [-0.2, -0.15) is 21.6 Å². The van der Waals surface area contributed by atoms with Crippen molar-refractivity contribution in [2.75, 3.05) is 13.1 Å². The lowest BCUT2D eigenvalue weighted by Gasteiger charge is -2.30. The van der Waals surface area contributed by atoms with Crippen LogP contribution in [0.15, 0.2) is 45.6 Å². The SMILES string of the molecule is N#Cc1cccc(C(=O)N2CCC(c3nc(-c4ccsc4)no3)CC2)c1. The van der Waals surface area contributed by atoms with E-state index in [4.69, 9.17) is 9.78 Å². The van der Waals surface area contributed by atoms with Gasteiger partial charge in [-0.15, -0.1) is 0 Å². The van der Waals surface area contributed by atoms with Gasteiger partial charge in [0.15, 0.2) is 0 Å². The molecule has 0 saturated carbocycles. The van der Waals surface area contributed by atoms with Gasteiger partial charge in [0.1, 0.15) is 0 Å². The van der Waals surface area contributed by atoms with Crippen LogP contribution in [-0.4, -0.2) is 34.0 Å². The van der Waals surface area contributed by atoms with E-state index >= 15 is 0 Å². The number of benzene rings is 1. The van der Waals surface area contributed by atoms with Crippen LogP contribution >= 0.6 is 11.3 Å². The summed E-state index contributed by atoms with van der Waals surface area (Å²) in [6.07, 6.45) is 1.57. The Morgan fingerprint density at radius 1 is 1.31 bits per heavy atom. The molecule has 0 atom stereocenters. The zero-order valence-corrected chi connectivity index (χ0v) is 14.8. The van der Waals surface area contributed by atoms with Crippen LogP contribution in [-0.2, 0) is 0 Å². The second-order valence-corrected chi connectivity index (χ2v) is 7.01. The molecule has 1 fully saturated rings. The number of piperidine rings is 1. The number of thiophene rings is 1. The van der Waals surface area contributed by atoms with Gasteiger partial charge >= 0.3 is 0 Å². The number of nitriles is 1. The number of aromatic nitrogens is 2. The number of rotatable bonds is 3. The molecule has 6 nitrogen and oxygen atoms in total. The molecule has 0 bridgehead atoms. The predicted molar refractivity (Wildman–Crippen MR) is 96.6 cm³/mol. The molecule has 4 rings (SSSR count). The Kier molecular flexibility index (Phi) is 4.50. The van der Waals surface area contributed by atoms with Gasteiger partial charge in [-0.25, -0.2) is 0 Å². The highest BCUT2D eigenvalue weighted by molar-refractivity contribution is 7.08. The first-order chi connectivity index (χ1) is 12.7. The molecule has 1 amide bonds. The zero-order chi connectivity index (χ0) is 17.9. The van der Waals surface area contributed by atoms with E-state index in [9.17, 15) is 4.79 Å². The second kappa shape index (κ2) is 7.10. The van der Waals surface area contributed by atoms with E-state index in [1.54, 1.807) is 35.6 Å². The first kappa shape index (κ1) is 16.5. The van der Waals surface area contributed by atoms with Gasteiger partial charge in [-0.05, 0) is 42.5 Å². The largest absolute Gasteiger partial charge is 0.339 e. The van der Waals surface area contributed by atoms with E-state index in [1.165, 1.54) is 0 Å². The molecule has 2 aromatic heterocycles. The van der Waals surface area contributed by atoms with Crippen molar-refractivity contribution < 1.29 is 9.32 Å². The van der Waals surface area contributed by atoms with Crippen LogP contribution in [0.5, 0.6) is 0 Å². The Morgan fingerprint density at radius 2 is 2.15 bits per heavy atom. The molecule has 3 heterocycles. The molecule has 1 aliphatic heterocycles. The topological polar surface area (TPSA) is 83.0 Å². The Bertz CT molecular complexity index is 950. The van der Waals surface area contributed by atoms with Crippen molar-refractivity contribution in [1.82, 2.24) is 15.0 Å². The van der Waals surface area contributed by atoms with Crippen LogP contribution in [0.1, 0.15) is 40.6 Å². The Labute approximate surface area is 154 Å². The summed E-state index contributed by atoms with van der Waals surface area (Å²) >= 11 is 1.60. The van der Waals surface area contributed by atoms with Crippen molar-refractivity contribution in [3.8, 4) is 17.5 Å². The highest BCUT2D eigenvalue weighted by Crippen LogP contribution is 2.29. The third kappa shape index (κ3) is 3.24. The molecule has 3 aromatic rings. The van der Waals surface area contributed by atoms with Crippen LogP contribution < -0.4 is 0 Å². The Hall–Kier alpha value is -2.98.